The van der Waals surface area contributed by atoms with E-state index >= 15 is 0 Å². The van der Waals surface area contributed by atoms with Gasteiger partial charge in [0.15, 0.2) is 11.5 Å². The molecule has 9 heteroatoms. The molecule has 2 aromatic carbocycles. The smallest absolute Gasteiger partial charge is 0.248 e. The zero-order valence-electron chi connectivity index (χ0n) is 18.9. The molecule has 0 saturated carbocycles. The number of hydrogen-bond donors (Lipinski definition) is 2. The number of carbonyl (C=O) groups excluding carboxylic acids is 1. The summed E-state index contributed by atoms with van der Waals surface area (Å²) in [5.74, 6) is 2.11. The number of thioether (sulfide) groups is 1. The fourth-order valence-corrected chi connectivity index (χ4v) is 4.32. The number of benzene rings is 2. The molecule has 3 aromatic rings. The summed E-state index contributed by atoms with van der Waals surface area (Å²) in [6, 6.07) is 15.1. The van der Waals surface area contributed by atoms with E-state index in [0.717, 1.165) is 16.9 Å². The van der Waals surface area contributed by atoms with Gasteiger partial charge in [-0.1, -0.05) is 55.1 Å². The van der Waals surface area contributed by atoms with E-state index in [1.54, 1.807) is 4.68 Å². The second-order valence-corrected chi connectivity index (χ2v) is 8.67. The number of nitrogens with one attached hydrogen (secondary N) is 1. The number of amides is 1. The van der Waals surface area contributed by atoms with Crippen LogP contribution in [0.3, 0.4) is 0 Å². The lowest BCUT2D eigenvalue weighted by molar-refractivity contribution is -0.115. The number of anilines is 1. The minimum Gasteiger partial charge on any atom is -0.490 e. The Bertz CT molecular complexity index is 1180. The second-order valence-electron chi connectivity index (χ2n) is 7.44. The lowest BCUT2D eigenvalue weighted by Gasteiger charge is -2.28. The maximum atomic E-state index is 12.4. The van der Waals surface area contributed by atoms with Crippen LogP contribution in [0.15, 0.2) is 65.0 Å². The number of allylic oxidation sites excluding steroid dienone is 1. The summed E-state index contributed by atoms with van der Waals surface area (Å²) >= 11 is 1.53. The fraction of sp³-hybridized carbons (Fsp3) is 0.292. The predicted molar refractivity (Wildman–Crippen MR) is 128 cm³/mol. The van der Waals surface area contributed by atoms with Crippen LogP contribution in [0.4, 0.5) is 5.95 Å². The highest BCUT2D eigenvalue weighted by molar-refractivity contribution is 7.99. The zero-order valence-corrected chi connectivity index (χ0v) is 19.7. The Labute approximate surface area is 197 Å². The molecular weight excluding hydrogens is 438 g/mol. The van der Waals surface area contributed by atoms with Gasteiger partial charge in [-0.05, 0) is 42.9 Å². The van der Waals surface area contributed by atoms with Crippen molar-refractivity contribution in [3.8, 4) is 11.5 Å². The van der Waals surface area contributed by atoms with Gasteiger partial charge in [0.25, 0.3) is 0 Å². The molecule has 0 fully saturated rings. The van der Waals surface area contributed by atoms with Crippen molar-refractivity contribution in [2.75, 3.05) is 17.7 Å². The van der Waals surface area contributed by atoms with Gasteiger partial charge in [-0.15, -0.1) is 5.10 Å². The molecule has 33 heavy (non-hydrogen) atoms. The largest absolute Gasteiger partial charge is 0.490 e. The third kappa shape index (κ3) is 4.83. The molecule has 0 saturated heterocycles. The van der Waals surface area contributed by atoms with E-state index in [1.807, 2.05) is 69.3 Å². The number of hydrogen-bond acceptors (Lipinski definition) is 7. The second kappa shape index (κ2) is 9.99. The van der Waals surface area contributed by atoms with E-state index in [1.165, 1.54) is 11.8 Å². The lowest BCUT2D eigenvalue weighted by Crippen LogP contribution is -2.31. The fourth-order valence-electron chi connectivity index (χ4n) is 3.77. The predicted octanol–water partition coefficient (Wildman–Crippen LogP) is 4.14. The maximum absolute atomic E-state index is 12.4. The Balaban J connectivity index is 1.73. The van der Waals surface area contributed by atoms with Gasteiger partial charge in [-0.25, -0.2) is 4.68 Å². The normalized spacial score (nSPS) is 15.1. The van der Waals surface area contributed by atoms with E-state index < -0.39 is 11.9 Å². The van der Waals surface area contributed by atoms with E-state index in [4.69, 9.17) is 15.2 Å². The van der Waals surface area contributed by atoms with Crippen molar-refractivity contribution in [1.82, 2.24) is 14.8 Å². The molecule has 0 bridgehead atoms. The molecule has 2 heterocycles. The van der Waals surface area contributed by atoms with Crippen molar-refractivity contribution >= 4 is 23.6 Å². The molecule has 4 rings (SSSR count). The van der Waals surface area contributed by atoms with Crippen LogP contribution >= 0.6 is 11.8 Å². The van der Waals surface area contributed by atoms with Crippen LogP contribution < -0.4 is 20.5 Å². The van der Waals surface area contributed by atoms with Crippen LogP contribution in [-0.2, 0) is 11.4 Å². The molecule has 3 N–H and O–H groups in total. The van der Waals surface area contributed by atoms with Crippen LogP contribution in [0.25, 0.3) is 0 Å². The zero-order chi connectivity index (χ0) is 23.4. The summed E-state index contributed by atoms with van der Waals surface area (Å²) in [6.45, 7) is 6.67. The molecule has 8 nitrogen and oxygen atoms in total. The molecular formula is C24H27N5O3S. The molecule has 1 aliphatic rings. The van der Waals surface area contributed by atoms with E-state index in [9.17, 15) is 4.79 Å². The van der Waals surface area contributed by atoms with Crippen LogP contribution in [0.1, 0.15) is 37.9 Å². The molecule has 1 amide bonds. The molecule has 1 atom stereocenters. The van der Waals surface area contributed by atoms with Crippen molar-refractivity contribution in [3.05, 3.63) is 70.9 Å². The monoisotopic (exact) mass is 465 g/mol. The highest BCUT2D eigenvalue weighted by Gasteiger charge is 2.33. The summed E-state index contributed by atoms with van der Waals surface area (Å²) in [6.07, 6.45) is 0. The molecule has 0 spiro atoms. The molecule has 172 valence electrons. The van der Waals surface area contributed by atoms with Gasteiger partial charge in [-0.3, -0.25) is 4.79 Å². The third-order valence-corrected chi connectivity index (χ3v) is 5.91. The Morgan fingerprint density at radius 1 is 1.15 bits per heavy atom. The van der Waals surface area contributed by atoms with E-state index in [-0.39, 0.29) is 0 Å². The highest BCUT2D eigenvalue weighted by atomic mass is 32.2. The Morgan fingerprint density at radius 2 is 1.94 bits per heavy atom. The number of nitrogens with two attached hydrogens (primary N) is 1. The molecule has 1 aliphatic heterocycles. The first-order valence-electron chi connectivity index (χ1n) is 10.8. The SMILES string of the molecule is CCOc1cc(C2C(C(N)=O)=C(C)Nc3nc(SCC)nn32)ccc1OCc1ccccc1. The van der Waals surface area contributed by atoms with Crippen molar-refractivity contribution in [3.63, 3.8) is 0 Å². The van der Waals surface area contributed by atoms with Crippen LogP contribution in [0.2, 0.25) is 0 Å². The number of nitrogens with zero attached hydrogens (tertiary/aromatic N) is 3. The van der Waals surface area contributed by atoms with Crippen molar-refractivity contribution in [1.29, 1.82) is 0 Å². The average Bonchev–Trinajstić information content (AvgIpc) is 3.20. The number of aromatic nitrogens is 3. The summed E-state index contributed by atoms with van der Waals surface area (Å²) in [7, 11) is 0. The lowest BCUT2D eigenvalue weighted by atomic mass is 9.95. The minimum atomic E-state index is -0.528. The van der Waals surface area contributed by atoms with Crippen LogP contribution in [0, 0.1) is 0 Å². The van der Waals surface area contributed by atoms with Gasteiger partial charge < -0.3 is 20.5 Å². The Morgan fingerprint density at radius 3 is 2.64 bits per heavy atom. The number of ether oxygens (including phenoxy) is 2. The van der Waals surface area contributed by atoms with Gasteiger partial charge in [0, 0.05) is 5.70 Å². The molecule has 1 aromatic heterocycles. The molecule has 0 aliphatic carbocycles. The topological polar surface area (TPSA) is 104 Å². The van der Waals surface area contributed by atoms with Crippen molar-refractivity contribution in [2.24, 2.45) is 5.73 Å². The van der Waals surface area contributed by atoms with Gasteiger partial charge in [-0.2, -0.15) is 4.98 Å². The summed E-state index contributed by atoms with van der Waals surface area (Å²) in [4.78, 5) is 17.0. The first kappa shape index (κ1) is 22.7. The van der Waals surface area contributed by atoms with E-state index in [0.29, 0.717) is 47.1 Å². The van der Waals surface area contributed by atoms with Gasteiger partial charge >= 0.3 is 0 Å². The van der Waals surface area contributed by atoms with Crippen molar-refractivity contribution < 1.29 is 14.3 Å². The van der Waals surface area contributed by atoms with E-state index in [2.05, 4.69) is 15.4 Å². The summed E-state index contributed by atoms with van der Waals surface area (Å²) in [5.41, 5.74) is 8.74. The van der Waals surface area contributed by atoms with Crippen LogP contribution in [0.5, 0.6) is 11.5 Å². The van der Waals surface area contributed by atoms with Crippen LogP contribution in [-0.4, -0.2) is 33.0 Å². The number of carbonyl (C=O) groups is 1. The first-order chi connectivity index (χ1) is 16.0. The maximum Gasteiger partial charge on any atom is 0.248 e. The average molecular weight is 466 g/mol. The molecule has 1 unspecified atom stereocenters. The molecule has 0 radical (unpaired) electrons. The van der Waals surface area contributed by atoms with Crippen molar-refractivity contribution in [2.45, 2.75) is 38.6 Å². The Hall–Kier alpha value is -3.46. The standard InChI is InChI=1S/C24H27N5O3S/c1-4-31-19-13-17(11-12-18(19)32-14-16-9-7-6-8-10-16)21-20(22(25)30)15(3)26-23-27-24(33-5-2)28-29(21)23/h6-13,21H,4-5,14H2,1-3H3,(H2,25,30)(H,26,27,28). The van der Waals surface area contributed by atoms with Gasteiger partial charge in [0.1, 0.15) is 12.6 Å². The highest BCUT2D eigenvalue weighted by Crippen LogP contribution is 2.39. The minimum absolute atomic E-state index is 0.421. The first-order valence-corrected chi connectivity index (χ1v) is 11.8. The number of primary amides is 1. The summed E-state index contributed by atoms with van der Waals surface area (Å²) in [5, 5.41) is 8.43. The third-order valence-electron chi connectivity index (χ3n) is 5.19. The number of rotatable bonds is 9. The number of fused-ring (bicyclic) bond motifs is 1. The summed E-state index contributed by atoms with van der Waals surface area (Å²) < 4.78 is 13.6. The Kier molecular flexibility index (Phi) is 6.88. The van der Waals surface area contributed by atoms with Gasteiger partial charge in [0.2, 0.25) is 17.0 Å². The van der Waals surface area contributed by atoms with Gasteiger partial charge in [0.05, 0.1) is 12.2 Å². The quantitative estimate of drug-likeness (QED) is 0.458.